The Labute approximate surface area is 140 Å². The summed E-state index contributed by atoms with van der Waals surface area (Å²) in [5.74, 6) is 0.673. The first-order valence-electron chi connectivity index (χ1n) is 7.02. The largest absolute Gasteiger partial charge is 0.463 e. The molecular formula is C16H10ClN5O2. The van der Waals surface area contributed by atoms with Crippen LogP contribution >= 0.6 is 11.6 Å². The van der Waals surface area contributed by atoms with Crippen LogP contribution in [0.3, 0.4) is 0 Å². The molecular weight excluding hydrogens is 330 g/mol. The Morgan fingerprint density at radius 1 is 1.17 bits per heavy atom. The number of pyridine rings is 1. The third-order valence-electron chi connectivity index (χ3n) is 3.39. The van der Waals surface area contributed by atoms with Crippen LogP contribution in [0.2, 0.25) is 5.02 Å². The summed E-state index contributed by atoms with van der Waals surface area (Å²) >= 11 is 5.78. The second kappa shape index (κ2) is 5.78. The summed E-state index contributed by atoms with van der Waals surface area (Å²) in [6.07, 6.45) is 6.09. The minimum Gasteiger partial charge on any atom is -0.463 e. The van der Waals surface area contributed by atoms with Crippen LogP contribution in [0.5, 0.6) is 0 Å². The van der Waals surface area contributed by atoms with Crippen molar-refractivity contribution in [3.8, 4) is 11.5 Å². The maximum Gasteiger partial charge on any atom is 0.262 e. The van der Waals surface area contributed by atoms with Crippen LogP contribution in [0.25, 0.3) is 17.1 Å². The molecule has 0 atom stereocenters. The zero-order chi connectivity index (χ0) is 16.5. The fourth-order valence-corrected chi connectivity index (χ4v) is 2.41. The van der Waals surface area contributed by atoms with Crippen LogP contribution in [0.15, 0.2) is 59.6 Å². The topological polar surface area (TPSA) is 85.3 Å². The first kappa shape index (κ1) is 14.4. The van der Waals surface area contributed by atoms with Gasteiger partial charge in [0.1, 0.15) is 17.1 Å². The average molecular weight is 340 g/mol. The molecule has 1 amide bonds. The molecule has 4 aromatic heterocycles. The number of rotatable bonds is 3. The molecule has 0 aliphatic heterocycles. The first-order chi connectivity index (χ1) is 11.7. The van der Waals surface area contributed by atoms with Crippen molar-refractivity contribution >= 4 is 29.0 Å². The molecule has 0 aliphatic rings. The SMILES string of the molecule is O=C(Nc1ccc(Cl)cn1)c1cnn2c(-c3ccco3)ccnc12. The maximum atomic E-state index is 12.5. The van der Waals surface area contributed by atoms with Gasteiger partial charge in [0, 0.05) is 12.4 Å². The van der Waals surface area contributed by atoms with Crippen molar-refractivity contribution in [2.75, 3.05) is 5.32 Å². The number of fused-ring (bicyclic) bond motifs is 1. The van der Waals surface area contributed by atoms with E-state index >= 15 is 0 Å². The van der Waals surface area contributed by atoms with Gasteiger partial charge in [0.2, 0.25) is 0 Å². The van der Waals surface area contributed by atoms with E-state index in [0.717, 1.165) is 0 Å². The summed E-state index contributed by atoms with van der Waals surface area (Å²) in [7, 11) is 0. The number of nitrogens with zero attached hydrogens (tertiary/aromatic N) is 4. The van der Waals surface area contributed by atoms with Crippen molar-refractivity contribution in [1.29, 1.82) is 0 Å². The van der Waals surface area contributed by atoms with E-state index in [4.69, 9.17) is 16.0 Å². The van der Waals surface area contributed by atoms with Crippen LogP contribution in [-0.4, -0.2) is 25.5 Å². The van der Waals surface area contributed by atoms with E-state index in [9.17, 15) is 4.79 Å². The summed E-state index contributed by atoms with van der Waals surface area (Å²) < 4.78 is 6.95. The Hall–Kier alpha value is -3.19. The highest BCUT2D eigenvalue weighted by atomic mass is 35.5. The van der Waals surface area contributed by atoms with Crippen LogP contribution in [0, 0.1) is 0 Å². The molecule has 0 radical (unpaired) electrons. The third kappa shape index (κ3) is 2.50. The molecule has 4 rings (SSSR count). The fourth-order valence-electron chi connectivity index (χ4n) is 2.30. The molecule has 1 N–H and O–H groups in total. The van der Waals surface area contributed by atoms with Gasteiger partial charge in [0.15, 0.2) is 11.4 Å². The molecule has 0 aromatic carbocycles. The molecule has 0 unspecified atom stereocenters. The van der Waals surface area contributed by atoms with Crippen LogP contribution in [0.1, 0.15) is 10.4 Å². The number of hydrogen-bond donors (Lipinski definition) is 1. The van der Waals surface area contributed by atoms with E-state index in [1.807, 2.05) is 6.07 Å². The molecule has 0 bridgehead atoms. The predicted molar refractivity (Wildman–Crippen MR) is 87.9 cm³/mol. The van der Waals surface area contributed by atoms with Crippen molar-refractivity contribution in [3.63, 3.8) is 0 Å². The lowest BCUT2D eigenvalue weighted by Gasteiger charge is -2.04. The second-order valence-electron chi connectivity index (χ2n) is 4.92. The smallest absolute Gasteiger partial charge is 0.262 e. The van der Waals surface area contributed by atoms with Gasteiger partial charge in [0.05, 0.1) is 17.5 Å². The Morgan fingerprint density at radius 3 is 2.83 bits per heavy atom. The number of hydrogen-bond acceptors (Lipinski definition) is 5. The maximum absolute atomic E-state index is 12.5. The van der Waals surface area contributed by atoms with Crippen molar-refractivity contribution in [3.05, 3.63) is 65.8 Å². The highest BCUT2D eigenvalue weighted by Crippen LogP contribution is 2.21. The van der Waals surface area contributed by atoms with Crippen LogP contribution in [-0.2, 0) is 0 Å². The molecule has 0 aliphatic carbocycles. The first-order valence-corrected chi connectivity index (χ1v) is 7.40. The van der Waals surface area contributed by atoms with Gasteiger partial charge in [0.25, 0.3) is 5.91 Å². The summed E-state index contributed by atoms with van der Waals surface area (Å²) in [4.78, 5) is 20.8. The van der Waals surface area contributed by atoms with Crippen molar-refractivity contribution in [2.24, 2.45) is 0 Å². The lowest BCUT2D eigenvalue weighted by atomic mass is 10.3. The van der Waals surface area contributed by atoms with Crippen molar-refractivity contribution in [2.45, 2.75) is 0 Å². The highest BCUT2D eigenvalue weighted by molar-refractivity contribution is 6.30. The summed E-state index contributed by atoms with van der Waals surface area (Å²) in [5, 5.41) is 7.43. The highest BCUT2D eigenvalue weighted by Gasteiger charge is 2.17. The minimum atomic E-state index is -0.357. The molecule has 7 nitrogen and oxygen atoms in total. The van der Waals surface area contributed by atoms with Gasteiger partial charge in [-0.25, -0.2) is 14.5 Å². The molecule has 0 saturated heterocycles. The van der Waals surface area contributed by atoms with Gasteiger partial charge < -0.3 is 9.73 Å². The molecule has 8 heteroatoms. The second-order valence-corrected chi connectivity index (χ2v) is 5.35. The van der Waals surface area contributed by atoms with E-state index in [-0.39, 0.29) is 5.91 Å². The van der Waals surface area contributed by atoms with E-state index in [2.05, 4.69) is 20.4 Å². The summed E-state index contributed by atoms with van der Waals surface area (Å²) in [6.45, 7) is 0. The van der Waals surface area contributed by atoms with Gasteiger partial charge in [-0.1, -0.05) is 11.6 Å². The van der Waals surface area contributed by atoms with Crippen LogP contribution in [0.4, 0.5) is 5.82 Å². The molecule has 4 heterocycles. The fraction of sp³-hybridized carbons (Fsp3) is 0. The number of carbonyl (C=O) groups is 1. The lowest BCUT2D eigenvalue weighted by Crippen LogP contribution is -2.13. The summed E-state index contributed by atoms with van der Waals surface area (Å²) in [5.41, 5.74) is 1.46. The number of carbonyl (C=O) groups excluding carboxylic acids is 1. The number of furan rings is 1. The van der Waals surface area contributed by atoms with E-state index < -0.39 is 0 Å². The molecule has 24 heavy (non-hydrogen) atoms. The quantitative estimate of drug-likeness (QED) is 0.619. The summed E-state index contributed by atoms with van der Waals surface area (Å²) in [6, 6.07) is 8.63. The van der Waals surface area contributed by atoms with Gasteiger partial charge >= 0.3 is 0 Å². The van der Waals surface area contributed by atoms with E-state index in [0.29, 0.717) is 33.5 Å². The van der Waals surface area contributed by atoms with Crippen LogP contribution < -0.4 is 5.32 Å². The Bertz CT molecular complexity index is 1010. The number of aromatic nitrogens is 4. The van der Waals surface area contributed by atoms with Gasteiger partial charge in [-0.2, -0.15) is 5.10 Å². The number of halogens is 1. The average Bonchev–Trinajstić information content (AvgIpc) is 3.26. The zero-order valence-electron chi connectivity index (χ0n) is 12.2. The molecule has 4 aromatic rings. The van der Waals surface area contributed by atoms with Gasteiger partial charge in [-0.05, 0) is 30.3 Å². The van der Waals surface area contributed by atoms with Crippen molar-refractivity contribution < 1.29 is 9.21 Å². The molecule has 0 spiro atoms. The Morgan fingerprint density at radius 2 is 2.08 bits per heavy atom. The standard InChI is InChI=1S/C16H10ClN5O2/c17-10-3-4-14(19-8-10)21-16(23)11-9-20-22-12(5-6-18-15(11)22)13-2-1-7-24-13/h1-9H,(H,19,21,23). The van der Waals surface area contributed by atoms with E-state index in [1.54, 1.807) is 41.2 Å². The zero-order valence-corrected chi connectivity index (χ0v) is 12.9. The Kier molecular flexibility index (Phi) is 3.47. The van der Waals surface area contributed by atoms with E-state index in [1.165, 1.54) is 12.4 Å². The van der Waals surface area contributed by atoms with Crippen molar-refractivity contribution in [1.82, 2.24) is 19.6 Å². The number of anilines is 1. The minimum absolute atomic E-state index is 0.333. The number of amides is 1. The molecule has 118 valence electrons. The lowest BCUT2D eigenvalue weighted by molar-refractivity contribution is 0.102. The molecule has 0 fully saturated rings. The normalized spacial score (nSPS) is 10.9. The monoisotopic (exact) mass is 339 g/mol. The van der Waals surface area contributed by atoms with Gasteiger partial charge in [-0.3, -0.25) is 4.79 Å². The Balaban J connectivity index is 1.71. The van der Waals surface area contributed by atoms with Gasteiger partial charge in [-0.15, -0.1) is 0 Å². The molecule has 0 saturated carbocycles. The third-order valence-corrected chi connectivity index (χ3v) is 3.61. The number of nitrogens with one attached hydrogen (secondary N) is 1. The predicted octanol–water partition coefficient (Wildman–Crippen LogP) is 3.29.